The Labute approximate surface area is 226 Å². The first-order chi connectivity index (χ1) is 19.2. The summed E-state index contributed by atoms with van der Waals surface area (Å²) in [5.74, 6) is -4.68. The first-order valence-electron chi connectivity index (χ1n) is 11.1. The molecule has 0 amide bonds. The van der Waals surface area contributed by atoms with Crippen LogP contribution in [0.4, 0.5) is 26.3 Å². The zero-order valence-electron chi connectivity index (χ0n) is 20.7. The maximum absolute atomic E-state index is 10.6. The zero-order chi connectivity index (χ0) is 30.4. The van der Waals surface area contributed by atoms with Gasteiger partial charge in [-0.05, 0) is 29.8 Å². The molecule has 5 rings (SSSR count). The fourth-order valence-corrected chi connectivity index (χ4v) is 3.23. The van der Waals surface area contributed by atoms with Crippen LogP contribution >= 0.6 is 0 Å². The highest BCUT2D eigenvalue weighted by Crippen LogP contribution is 2.28. The maximum atomic E-state index is 10.6. The van der Waals surface area contributed by atoms with Crippen molar-refractivity contribution in [1.29, 1.82) is 0 Å². The number of nitrogens with zero attached hydrogens (tertiary/aromatic N) is 4. The molecule has 0 aliphatic rings. The van der Waals surface area contributed by atoms with Crippen LogP contribution in [0.15, 0.2) is 79.4 Å². The molecule has 15 heteroatoms. The van der Waals surface area contributed by atoms with Gasteiger partial charge in [0.15, 0.2) is 5.65 Å². The molecule has 0 atom stereocenters. The summed E-state index contributed by atoms with van der Waals surface area (Å²) in [4.78, 5) is 27.0. The van der Waals surface area contributed by atoms with Crippen LogP contribution in [0, 0.1) is 0 Å². The molecule has 2 N–H and O–H groups in total. The Balaban J connectivity index is 0.000000276. The molecule has 5 aromatic rings. The number of aliphatic carboxylic acids is 2. The normalized spacial score (nSPS) is 11.2. The number of aromatic nitrogens is 4. The molecule has 0 aliphatic heterocycles. The van der Waals surface area contributed by atoms with E-state index in [0.29, 0.717) is 0 Å². The highest BCUT2D eigenvalue weighted by molar-refractivity contribution is 5.86. The van der Waals surface area contributed by atoms with Crippen LogP contribution in [0.3, 0.4) is 0 Å². The summed E-state index contributed by atoms with van der Waals surface area (Å²) in [6, 6.07) is 18.1. The fourth-order valence-electron chi connectivity index (χ4n) is 3.23. The number of halogens is 6. The van der Waals surface area contributed by atoms with Gasteiger partial charge in [-0.2, -0.15) is 31.4 Å². The summed E-state index contributed by atoms with van der Waals surface area (Å²) >= 11 is 0. The molecule has 0 saturated carbocycles. The van der Waals surface area contributed by atoms with Crippen LogP contribution in [0.1, 0.15) is 0 Å². The molecule has 41 heavy (non-hydrogen) atoms. The molecule has 0 aliphatic carbocycles. The number of ether oxygens (including phenoxy) is 1. The molecule has 0 fully saturated rings. The summed E-state index contributed by atoms with van der Waals surface area (Å²) in [5, 5.41) is 19.8. The summed E-state index contributed by atoms with van der Waals surface area (Å²) < 4.78 is 70.5. The average molecular weight is 580 g/mol. The van der Waals surface area contributed by atoms with Crippen molar-refractivity contribution in [3.63, 3.8) is 0 Å². The second-order valence-electron chi connectivity index (χ2n) is 7.92. The third-order valence-corrected chi connectivity index (χ3v) is 5.17. The molecule has 0 bridgehead atoms. The van der Waals surface area contributed by atoms with E-state index in [1.54, 1.807) is 7.11 Å². The van der Waals surface area contributed by atoms with E-state index in [2.05, 4.69) is 27.2 Å². The monoisotopic (exact) mass is 580 g/mol. The molecule has 0 unspecified atom stereocenters. The Morgan fingerprint density at radius 2 is 1.34 bits per heavy atom. The van der Waals surface area contributed by atoms with Gasteiger partial charge in [-0.15, -0.1) is 0 Å². The molecule has 3 heterocycles. The zero-order valence-corrected chi connectivity index (χ0v) is 20.7. The quantitative estimate of drug-likeness (QED) is 0.253. The Bertz CT molecular complexity index is 1640. The van der Waals surface area contributed by atoms with Crippen LogP contribution in [-0.4, -0.2) is 61.2 Å². The Kier molecular flexibility index (Phi) is 9.11. The van der Waals surface area contributed by atoms with E-state index in [4.69, 9.17) is 24.5 Å². The smallest absolute Gasteiger partial charge is 0.490 e. The number of carbonyl (C=O) groups is 2. The third kappa shape index (κ3) is 7.90. The van der Waals surface area contributed by atoms with Gasteiger partial charge < -0.3 is 14.9 Å². The second-order valence-corrected chi connectivity index (χ2v) is 7.92. The highest BCUT2D eigenvalue weighted by atomic mass is 19.4. The van der Waals surface area contributed by atoms with Crippen LogP contribution in [-0.2, 0) is 9.59 Å². The fraction of sp³-hybridized carbons (Fsp3) is 0.115. The van der Waals surface area contributed by atoms with Gasteiger partial charge in [-0.3, -0.25) is 4.98 Å². The van der Waals surface area contributed by atoms with Crippen molar-refractivity contribution < 1.29 is 50.9 Å². The van der Waals surface area contributed by atoms with Gasteiger partial charge >= 0.3 is 24.3 Å². The van der Waals surface area contributed by atoms with Crippen molar-refractivity contribution in [2.24, 2.45) is 0 Å². The average Bonchev–Trinajstić information content (AvgIpc) is 3.36. The molecule has 2 aromatic carbocycles. The van der Waals surface area contributed by atoms with Crippen molar-refractivity contribution in [2.45, 2.75) is 12.4 Å². The third-order valence-electron chi connectivity index (χ3n) is 5.17. The minimum Gasteiger partial charge on any atom is -0.497 e. The van der Waals surface area contributed by atoms with Crippen molar-refractivity contribution >= 4 is 28.5 Å². The number of pyridine rings is 1. The largest absolute Gasteiger partial charge is 0.497 e. The summed E-state index contributed by atoms with van der Waals surface area (Å²) in [6.07, 6.45) is -2.59. The number of hydrogen-bond acceptors (Lipinski definition) is 6. The number of carboxylic acid groups (broad SMARTS) is 2. The number of benzene rings is 2. The van der Waals surface area contributed by atoms with E-state index < -0.39 is 24.3 Å². The summed E-state index contributed by atoms with van der Waals surface area (Å²) in [5.41, 5.74) is 5.82. The number of para-hydroxylation sites is 1. The predicted molar refractivity (Wildman–Crippen MR) is 133 cm³/mol. The van der Waals surface area contributed by atoms with Crippen molar-refractivity contribution in [3.8, 4) is 28.0 Å². The molecular formula is C26H18F6N4O5. The van der Waals surface area contributed by atoms with E-state index in [1.807, 2.05) is 71.8 Å². The number of rotatable bonds is 3. The molecule has 3 aromatic heterocycles. The molecule has 0 radical (unpaired) electrons. The number of alkyl halides is 6. The number of fused-ring (bicyclic) bond motifs is 2. The standard InChI is InChI=1S/C22H16N4O.2C2HF3O2/c1-27-19-8-6-15(7-9-19)18-12-24-22-20(13-25-26(22)14-18)17-10-16-4-2-3-5-21(16)23-11-17;2*3-2(4,5)1(6)7/h2-14H,1H3;2*(H,6,7). The van der Waals surface area contributed by atoms with Crippen LogP contribution in [0.25, 0.3) is 38.8 Å². The van der Waals surface area contributed by atoms with E-state index >= 15 is 0 Å². The van der Waals surface area contributed by atoms with Gasteiger partial charge in [-0.25, -0.2) is 19.1 Å². The minimum absolute atomic E-state index is 0.810. The van der Waals surface area contributed by atoms with Gasteiger partial charge in [0, 0.05) is 40.7 Å². The topological polar surface area (TPSA) is 127 Å². The maximum Gasteiger partial charge on any atom is 0.490 e. The molecule has 9 nitrogen and oxygen atoms in total. The van der Waals surface area contributed by atoms with E-state index in [9.17, 15) is 26.3 Å². The second kappa shape index (κ2) is 12.3. The molecular weight excluding hydrogens is 562 g/mol. The van der Waals surface area contributed by atoms with Gasteiger partial charge in [0.05, 0.1) is 18.8 Å². The highest BCUT2D eigenvalue weighted by Gasteiger charge is 2.38. The van der Waals surface area contributed by atoms with Crippen LogP contribution < -0.4 is 4.74 Å². The predicted octanol–water partition coefficient (Wildman–Crippen LogP) is 5.89. The van der Waals surface area contributed by atoms with Crippen molar-refractivity contribution in [1.82, 2.24) is 19.6 Å². The Morgan fingerprint density at radius 3 is 1.90 bits per heavy atom. The van der Waals surface area contributed by atoms with E-state index in [1.165, 1.54) is 0 Å². The van der Waals surface area contributed by atoms with Gasteiger partial charge in [-0.1, -0.05) is 30.3 Å². The van der Waals surface area contributed by atoms with Crippen LogP contribution in [0.2, 0.25) is 0 Å². The number of hydrogen-bond donors (Lipinski definition) is 2. The molecule has 0 spiro atoms. The van der Waals surface area contributed by atoms with Crippen LogP contribution in [0.5, 0.6) is 5.75 Å². The first kappa shape index (κ1) is 30.3. The summed E-state index contributed by atoms with van der Waals surface area (Å²) in [6.45, 7) is 0. The lowest BCUT2D eigenvalue weighted by Gasteiger charge is -2.05. The Morgan fingerprint density at radius 1 is 0.780 bits per heavy atom. The van der Waals surface area contributed by atoms with Gasteiger partial charge in [0.1, 0.15) is 5.75 Å². The van der Waals surface area contributed by atoms with Gasteiger partial charge in [0.2, 0.25) is 0 Å². The SMILES string of the molecule is COc1ccc(-c2cnc3c(-c4cnc5ccccc5c4)cnn3c2)cc1.O=C(O)C(F)(F)F.O=C(O)C(F)(F)F. The summed E-state index contributed by atoms with van der Waals surface area (Å²) in [7, 11) is 1.66. The number of carboxylic acids is 2. The lowest BCUT2D eigenvalue weighted by atomic mass is 10.1. The molecule has 214 valence electrons. The lowest BCUT2D eigenvalue weighted by molar-refractivity contribution is -0.193. The number of methoxy groups -OCH3 is 1. The van der Waals surface area contributed by atoms with E-state index in [0.717, 1.165) is 44.6 Å². The Hall–Kier alpha value is -5.21. The van der Waals surface area contributed by atoms with E-state index in [-0.39, 0.29) is 0 Å². The molecule has 0 saturated heterocycles. The van der Waals surface area contributed by atoms with Gasteiger partial charge in [0.25, 0.3) is 0 Å². The lowest BCUT2D eigenvalue weighted by Crippen LogP contribution is -2.21. The van der Waals surface area contributed by atoms with Crippen molar-refractivity contribution in [3.05, 3.63) is 79.4 Å². The first-order valence-corrected chi connectivity index (χ1v) is 11.1. The van der Waals surface area contributed by atoms with Crippen molar-refractivity contribution in [2.75, 3.05) is 7.11 Å². The minimum atomic E-state index is -5.08.